The predicted octanol–water partition coefficient (Wildman–Crippen LogP) is 3.29. The van der Waals surface area contributed by atoms with Crippen LogP contribution in [0, 0.1) is 5.92 Å². The minimum Gasteiger partial charge on any atom is -0.275 e. The summed E-state index contributed by atoms with van der Waals surface area (Å²) in [6, 6.07) is 0. The quantitative estimate of drug-likeness (QED) is 0.685. The molecule has 0 aliphatic carbocycles. The maximum atomic E-state index is 4.30. The van der Waals surface area contributed by atoms with Gasteiger partial charge >= 0.3 is 0 Å². The molecule has 0 aromatic carbocycles. The third-order valence-electron chi connectivity index (χ3n) is 2.31. The Kier molecular flexibility index (Phi) is 3.67. The molecule has 1 rings (SSSR count). The number of hydrogen-bond acceptors (Lipinski definition) is 1. The summed E-state index contributed by atoms with van der Waals surface area (Å²) in [6.07, 6.45) is 7.77. The van der Waals surface area contributed by atoms with Crippen molar-refractivity contribution in [1.29, 1.82) is 0 Å². The molecular formula is C13H18N2. The van der Waals surface area contributed by atoms with E-state index in [1.165, 1.54) is 5.57 Å². The van der Waals surface area contributed by atoms with Crippen molar-refractivity contribution in [3.8, 4) is 0 Å². The van der Waals surface area contributed by atoms with E-state index in [9.17, 15) is 0 Å². The van der Waals surface area contributed by atoms with Crippen molar-refractivity contribution in [3.63, 3.8) is 0 Å². The van der Waals surface area contributed by atoms with Crippen LogP contribution in [-0.2, 0) is 7.05 Å². The van der Waals surface area contributed by atoms with E-state index in [4.69, 9.17) is 0 Å². The Labute approximate surface area is 91.6 Å². The first-order chi connectivity index (χ1) is 7.08. The number of nitrogens with zero attached hydrogens (tertiary/aromatic N) is 2. The standard InChI is InChI=1S/C13H18N2/c1-6-11(10(3)4)8-12-9-15(5)14-13(12)7-2/h6-10H,1-2H2,3-5H3/b11-8+. The van der Waals surface area contributed by atoms with E-state index in [0.29, 0.717) is 5.92 Å². The molecule has 0 saturated heterocycles. The van der Waals surface area contributed by atoms with Gasteiger partial charge in [-0.2, -0.15) is 5.10 Å². The smallest absolute Gasteiger partial charge is 0.0917 e. The van der Waals surface area contributed by atoms with E-state index in [0.717, 1.165) is 11.3 Å². The molecule has 0 spiro atoms. The van der Waals surface area contributed by atoms with Crippen LogP contribution in [0.25, 0.3) is 12.2 Å². The molecule has 0 unspecified atom stereocenters. The summed E-state index contributed by atoms with van der Waals surface area (Å²) in [4.78, 5) is 0. The second kappa shape index (κ2) is 4.78. The van der Waals surface area contributed by atoms with Crippen LogP contribution in [0.5, 0.6) is 0 Å². The highest BCUT2D eigenvalue weighted by molar-refractivity contribution is 5.64. The number of aryl methyl sites for hydroxylation is 1. The van der Waals surface area contributed by atoms with Crippen molar-refractivity contribution in [2.75, 3.05) is 0 Å². The summed E-state index contributed by atoms with van der Waals surface area (Å²) in [5.74, 6) is 0.473. The molecule has 0 radical (unpaired) electrons. The van der Waals surface area contributed by atoms with Crippen molar-refractivity contribution in [2.45, 2.75) is 13.8 Å². The minimum absolute atomic E-state index is 0.473. The Morgan fingerprint density at radius 3 is 2.60 bits per heavy atom. The first-order valence-electron chi connectivity index (χ1n) is 5.08. The molecule has 1 aromatic heterocycles. The Bertz CT molecular complexity index is 395. The number of hydrogen-bond donors (Lipinski definition) is 0. The molecule has 2 heteroatoms. The van der Waals surface area contributed by atoms with Crippen LogP contribution in [0.4, 0.5) is 0 Å². The normalized spacial score (nSPS) is 11.9. The molecule has 15 heavy (non-hydrogen) atoms. The Morgan fingerprint density at radius 2 is 2.13 bits per heavy atom. The van der Waals surface area contributed by atoms with E-state index in [-0.39, 0.29) is 0 Å². The second-order valence-corrected chi connectivity index (χ2v) is 3.85. The molecular weight excluding hydrogens is 184 g/mol. The molecule has 0 amide bonds. The minimum atomic E-state index is 0.473. The molecule has 0 bridgehead atoms. The van der Waals surface area contributed by atoms with Gasteiger partial charge < -0.3 is 0 Å². The maximum absolute atomic E-state index is 4.30. The van der Waals surface area contributed by atoms with Crippen LogP contribution in [0.15, 0.2) is 31.0 Å². The summed E-state index contributed by atoms with van der Waals surface area (Å²) in [5, 5.41) is 4.30. The summed E-state index contributed by atoms with van der Waals surface area (Å²) in [5.41, 5.74) is 3.22. The van der Waals surface area contributed by atoms with Crippen molar-refractivity contribution in [2.24, 2.45) is 13.0 Å². The first-order valence-corrected chi connectivity index (χ1v) is 5.08. The number of aromatic nitrogens is 2. The van der Waals surface area contributed by atoms with Gasteiger partial charge in [0.2, 0.25) is 0 Å². The summed E-state index contributed by atoms with van der Waals surface area (Å²) >= 11 is 0. The molecule has 0 atom stereocenters. The third kappa shape index (κ3) is 2.69. The highest BCUT2D eigenvalue weighted by Gasteiger charge is 2.04. The largest absolute Gasteiger partial charge is 0.275 e. The monoisotopic (exact) mass is 202 g/mol. The average molecular weight is 202 g/mol. The predicted molar refractivity (Wildman–Crippen MR) is 66.3 cm³/mol. The van der Waals surface area contributed by atoms with Crippen molar-refractivity contribution in [1.82, 2.24) is 9.78 Å². The van der Waals surface area contributed by atoms with Gasteiger partial charge in [0.15, 0.2) is 0 Å². The van der Waals surface area contributed by atoms with Gasteiger partial charge in [-0.15, -0.1) is 0 Å². The lowest BCUT2D eigenvalue weighted by atomic mass is 10.0. The zero-order valence-corrected chi connectivity index (χ0v) is 9.70. The Morgan fingerprint density at radius 1 is 1.47 bits per heavy atom. The fourth-order valence-corrected chi connectivity index (χ4v) is 1.43. The van der Waals surface area contributed by atoms with Crippen molar-refractivity contribution in [3.05, 3.63) is 42.3 Å². The fourth-order valence-electron chi connectivity index (χ4n) is 1.43. The summed E-state index contributed by atoms with van der Waals surface area (Å²) in [6.45, 7) is 11.9. The average Bonchev–Trinajstić information content (AvgIpc) is 2.54. The molecule has 2 nitrogen and oxygen atoms in total. The molecule has 0 aliphatic heterocycles. The van der Waals surface area contributed by atoms with Gasteiger partial charge in [-0.3, -0.25) is 4.68 Å². The Hall–Kier alpha value is -1.57. The molecule has 0 aliphatic rings. The van der Waals surface area contributed by atoms with Crippen LogP contribution in [0.1, 0.15) is 25.1 Å². The lowest BCUT2D eigenvalue weighted by Crippen LogP contribution is -1.89. The second-order valence-electron chi connectivity index (χ2n) is 3.85. The van der Waals surface area contributed by atoms with Crippen LogP contribution in [-0.4, -0.2) is 9.78 Å². The van der Waals surface area contributed by atoms with Gasteiger partial charge in [-0.05, 0) is 23.6 Å². The van der Waals surface area contributed by atoms with Gasteiger partial charge in [0.1, 0.15) is 0 Å². The van der Waals surface area contributed by atoms with Gasteiger partial charge in [0.25, 0.3) is 0 Å². The number of rotatable bonds is 4. The molecule has 1 heterocycles. The molecule has 1 aromatic rings. The third-order valence-corrected chi connectivity index (χ3v) is 2.31. The van der Waals surface area contributed by atoms with E-state index < -0.39 is 0 Å². The Balaban J connectivity index is 3.15. The van der Waals surface area contributed by atoms with Gasteiger partial charge in [-0.25, -0.2) is 0 Å². The van der Waals surface area contributed by atoms with Crippen LogP contribution in [0.3, 0.4) is 0 Å². The highest BCUT2D eigenvalue weighted by atomic mass is 15.2. The molecule has 0 N–H and O–H groups in total. The summed E-state index contributed by atoms with van der Waals surface area (Å²) in [7, 11) is 1.91. The van der Waals surface area contributed by atoms with Crippen molar-refractivity contribution >= 4 is 12.2 Å². The van der Waals surface area contributed by atoms with Crippen molar-refractivity contribution < 1.29 is 0 Å². The van der Waals surface area contributed by atoms with E-state index >= 15 is 0 Å². The molecule has 0 fully saturated rings. The lowest BCUT2D eigenvalue weighted by Gasteiger charge is -2.04. The van der Waals surface area contributed by atoms with E-state index in [2.05, 4.69) is 38.2 Å². The van der Waals surface area contributed by atoms with E-state index in [1.807, 2.05) is 19.3 Å². The lowest BCUT2D eigenvalue weighted by molar-refractivity contribution is 0.764. The number of allylic oxidation sites excluding steroid dienone is 2. The molecule has 80 valence electrons. The zero-order chi connectivity index (χ0) is 11.4. The molecule has 0 saturated carbocycles. The fraction of sp³-hybridized carbons (Fsp3) is 0.308. The van der Waals surface area contributed by atoms with Gasteiger partial charge in [-0.1, -0.05) is 33.1 Å². The zero-order valence-electron chi connectivity index (χ0n) is 9.70. The van der Waals surface area contributed by atoms with Crippen LogP contribution < -0.4 is 0 Å². The van der Waals surface area contributed by atoms with Crippen LogP contribution >= 0.6 is 0 Å². The summed E-state index contributed by atoms with van der Waals surface area (Å²) < 4.78 is 1.80. The maximum Gasteiger partial charge on any atom is 0.0917 e. The van der Waals surface area contributed by atoms with Gasteiger partial charge in [0.05, 0.1) is 5.69 Å². The van der Waals surface area contributed by atoms with Gasteiger partial charge in [0, 0.05) is 18.8 Å². The first kappa shape index (κ1) is 11.5. The van der Waals surface area contributed by atoms with E-state index in [1.54, 1.807) is 10.8 Å². The highest BCUT2D eigenvalue weighted by Crippen LogP contribution is 2.18. The topological polar surface area (TPSA) is 17.8 Å². The van der Waals surface area contributed by atoms with Crippen LogP contribution in [0.2, 0.25) is 0 Å². The SMILES string of the molecule is C=C/C(=C\c1cn(C)nc1C=C)C(C)C.